The van der Waals surface area contributed by atoms with Gasteiger partial charge in [0, 0.05) is 37.1 Å². The van der Waals surface area contributed by atoms with Gasteiger partial charge >= 0.3 is 30.0 Å². The van der Waals surface area contributed by atoms with Crippen LogP contribution in [0, 0.1) is 0 Å². The summed E-state index contributed by atoms with van der Waals surface area (Å²) in [4.78, 5) is 70.4. The molecule has 0 saturated heterocycles. The van der Waals surface area contributed by atoms with Crippen molar-refractivity contribution in [1.29, 1.82) is 0 Å². The highest BCUT2D eigenvalue weighted by atomic mass is 16.6. The van der Waals surface area contributed by atoms with E-state index in [0.29, 0.717) is 25.0 Å². The lowest BCUT2D eigenvalue weighted by Crippen LogP contribution is -2.35. The summed E-state index contributed by atoms with van der Waals surface area (Å²) in [5.41, 5.74) is 0.563. The Morgan fingerprint density at radius 1 is 0.690 bits per heavy atom. The minimum absolute atomic E-state index is 0.117. The number of rotatable bonds is 23. The van der Waals surface area contributed by atoms with E-state index in [4.69, 9.17) is 23.7 Å². The maximum atomic E-state index is 12.3. The number of allylic oxidation sites excluding steroid dienone is 1. The number of unbranched alkanes of at least 4 members (excludes halogenated alkanes) is 4. The number of hydrogen-bond acceptors (Lipinski definition) is 11. The first kappa shape index (κ1) is 37.8. The fourth-order valence-electron chi connectivity index (χ4n) is 3.11. The lowest BCUT2D eigenvalue weighted by atomic mass is 10.1. The Labute approximate surface area is 247 Å². The van der Waals surface area contributed by atoms with Crippen LogP contribution in [0.2, 0.25) is 0 Å². The van der Waals surface area contributed by atoms with Crippen LogP contribution in [0.3, 0.4) is 0 Å². The molecule has 42 heavy (non-hydrogen) atoms. The Hall–Kier alpha value is -4.22. The van der Waals surface area contributed by atoms with Crippen LogP contribution >= 0.6 is 0 Å². The molecule has 0 rings (SSSR count). The molecule has 0 aromatic rings. The van der Waals surface area contributed by atoms with Crippen LogP contribution < -0.4 is 5.32 Å². The van der Waals surface area contributed by atoms with Crippen molar-refractivity contribution in [3.8, 4) is 0 Å². The van der Waals surface area contributed by atoms with Crippen molar-refractivity contribution in [3.05, 3.63) is 49.6 Å². The summed E-state index contributed by atoms with van der Waals surface area (Å²) >= 11 is 0. The largest absolute Gasteiger partial charge is 0.459 e. The summed E-state index contributed by atoms with van der Waals surface area (Å²) in [5.74, 6) is -2.65. The van der Waals surface area contributed by atoms with Gasteiger partial charge < -0.3 is 29.0 Å². The van der Waals surface area contributed by atoms with Crippen LogP contribution in [0.15, 0.2) is 49.6 Å². The van der Waals surface area contributed by atoms with E-state index in [1.165, 1.54) is 6.92 Å². The van der Waals surface area contributed by atoms with E-state index in [1.807, 2.05) is 0 Å². The third-order valence-electron chi connectivity index (χ3n) is 5.47. The molecule has 12 nitrogen and oxygen atoms in total. The van der Waals surface area contributed by atoms with Crippen LogP contribution in [0.4, 0.5) is 4.79 Å². The number of esters is 4. The average Bonchev–Trinajstić information content (AvgIpc) is 2.95. The maximum Gasteiger partial charge on any atom is 0.407 e. The van der Waals surface area contributed by atoms with Crippen LogP contribution in [-0.4, -0.2) is 74.3 Å². The molecule has 0 saturated carbocycles. The monoisotopic (exact) mass is 593 g/mol. The summed E-state index contributed by atoms with van der Waals surface area (Å²) < 4.78 is 25.4. The fourth-order valence-corrected chi connectivity index (χ4v) is 3.11. The maximum absolute atomic E-state index is 12.3. The molecule has 0 bridgehead atoms. The lowest BCUT2D eigenvalue weighted by molar-refractivity contribution is -0.157. The third kappa shape index (κ3) is 19.8. The second-order valence-corrected chi connectivity index (χ2v) is 9.37. The zero-order valence-corrected chi connectivity index (χ0v) is 24.6. The van der Waals surface area contributed by atoms with Gasteiger partial charge in [0.1, 0.15) is 25.9 Å². The lowest BCUT2D eigenvalue weighted by Gasteiger charge is -2.18. The minimum Gasteiger partial charge on any atom is -0.459 e. The molecule has 0 spiro atoms. The van der Waals surface area contributed by atoms with E-state index in [9.17, 15) is 28.8 Å². The highest BCUT2D eigenvalue weighted by Gasteiger charge is 2.20. The number of Topliss-reactive ketones (excluding diaryl/α,β-unsaturated/α-hetero) is 1. The predicted octanol–water partition coefficient (Wildman–Crippen LogP) is 3.84. The van der Waals surface area contributed by atoms with Crippen LogP contribution in [0.1, 0.15) is 65.2 Å². The number of nitrogens with one attached hydrogen (secondary N) is 1. The van der Waals surface area contributed by atoms with Gasteiger partial charge in [-0.1, -0.05) is 45.6 Å². The molecule has 0 radical (unpaired) electrons. The molecule has 0 aliphatic carbocycles. The second-order valence-electron chi connectivity index (χ2n) is 9.37. The molecule has 0 aromatic carbocycles. The van der Waals surface area contributed by atoms with E-state index >= 15 is 0 Å². The highest BCUT2D eigenvalue weighted by molar-refractivity contribution is 5.94. The summed E-state index contributed by atoms with van der Waals surface area (Å²) in [7, 11) is 0. The van der Waals surface area contributed by atoms with Crippen LogP contribution in [-0.2, 0) is 47.7 Å². The molecule has 234 valence electrons. The molecule has 0 heterocycles. The van der Waals surface area contributed by atoms with Crippen molar-refractivity contribution in [2.75, 3.05) is 26.4 Å². The van der Waals surface area contributed by atoms with Gasteiger partial charge in [0.05, 0.1) is 0 Å². The van der Waals surface area contributed by atoms with Crippen LogP contribution in [0.5, 0.6) is 0 Å². The SMILES string of the molecule is C=CC(=O)OCC(CCC(=O)C(=C)C)OC(=O)CCCCCCCNC(=O)OC(COC(=O)C=C)COC(=O)C(=C)C. The number of hydrogen-bond donors (Lipinski definition) is 1. The van der Waals surface area contributed by atoms with Crippen molar-refractivity contribution in [2.45, 2.75) is 77.4 Å². The van der Waals surface area contributed by atoms with Crippen molar-refractivity contribution >= 4 is 35.8 Å². The van der Waals surface area contributed by atoms with Crippen molar-refractivity contribution < 1.29 is 52.5 Å². The van der Waals surface area contributed by atoms with Gasteiger partial charge in [-0.25, -0.2) is 19.2 Å². The first-order valence-corrected chi connectivity index (χ1v) is 13.6. The zero-order valence-electron chi connectivity index (χ0n) is 24.6. The summed E-state index contributed by atoms with van der Waals surface area (Å²) in [6.07, 6.45) is 3.46. The van der Waals surface area contributed by atoms with Crippen LogP contribution in [0.25, 0.3) is 0 Å². The molecule has 2 atom stereocenters. The highest BCUT2D eigenvalue weighted by Crippen LogP contribution is 2.11. The van der Waals surface area contributed by atoms with E-state index < -0.39 is 42.2 Å². The van der Waals surface area contributed by atoms with E-state index in [0.717, 1.165) is 31.4 Å². The first-order valence-electron chi connectivity index (χ1n) is 13.6. The molecular formula is C30H43NO11. The predicted molar refractivity (Wildman–Crippen MR) is 153 cm³/mol. The van der Waals surface area contributed by atoms with E-state index in [1.54, 1.807) is 6.92 Å². The van der Waals surface area contributed by atoms with Crippen molar-refractivity contribution in [2.24, 2.45) is 0 Å². The van der Waals surface area contributed by atoms with Gasteiger partial charge in [0.15, 0.2) is 11.9 Å². The topological polar surface area (TPSA) is 161 Å². The summed E-state index contributed by atoms with van der Waals surface area (Å²) in [5, 5.41) is 2.58. The molecule has 0 aliphatic rings. The molecule has 0 aromatic heterocycles. The zero-order chi connectivity index (χ0) is 31.9. The number of ketones is 1. The van der Waals surface area contributed by atoms with Crippen molar-refractivity contribution in [1.82, 2.24) is 5.32 Å². The fraction of sp³-hybridized carbons (Fsp3) is 0.533. The Bertz CT molecular complexity index is 908. The summed E-state index contributed by atoms with van der Waals surface area (Å²) in [6, 6.07) is 0. The molecule has 2 unspecified atom stereocenters. The van der Waals surface area contributed by atoms with E-state index in [-0.39, 0.29) is 50.4 Å². The molecule has 12 heteroatoms. The molecule has 0 fully saturated rings. The van der Waals surface area contributed by atoms with Crippen molar-refractivity contribution in [3.63, 3.8) is 0 Å². The number of carbonyl (C=O) groups is 6. The Morgan fingerprint density at radius 3 is 1.81 bits per heavy atom. The third-order valence-corrected chi connectivity index (χ3v) is 5.47. The minimum atomic E-state index is -1.02. The van der Waals surface area contributed by atoms with Gasteiger partial charge in [0.25, 0.3) is 0 Å². The standard InChI is InChI=1S/C30H43NO11/c1-7-26(33)38-18-23(15-16-25(32)21(3)4)41-28(35)14-12-10-9-11-13-17-31-30(37)42-24(19-39-27(34)8-2)20-40-29(36)22(5)6/h7-8,23-24H,1-3,5,9-20H2,4,6H3,(H,31,37). The number of ether oxygens (including phenoxy) is 5. The molecule has 1 N–H and O–H groups in total. The van der Waals surface area contributed by atoms with Gasteiger partial charge in [-0.3, -0.25) is 9.59 Å². The first-order chi connectivity index (χ1) is 19.9. The number of alkyl carbamates (subject to hydrolysis) is 1. The van der Waals surface area contributed by atoms with Gasteiger partial charge in [0.2, 0.25) is 0 Å². The quantitative estimate of drug-likeness (QED) is 0.0793. The molecule has 1 amide bonds. The molecule has 0 aliphatic heterocycles. The van der Waals surface area contributed by atoms with Gasteiger partial charge in [-0.2, -0.15) is 0 Å². The summed E-state index contributed by atoms with van der Waals surface area (Å²) in [6.45, 7) is 16.2. The normalized spacial score (nSPS) is 11.6. The second kappa shape index (κ2) is 22.5. The Kier molecular flexibility index (Phi) is 20.2. The van der Waals surface area contributed by atoms with Gasteiger partial charge in [-0.15, -0.1) is 0 Å². The van der Waals surface area contributed by atoms with E-state index in [2.05, 4.69) is 31.6 Å². The number of amides is 1. The number of carbonyl (C=O) groups excluding carboxylic acids is 6. The Morgan fingerprint density at radius 2 is 1.24 bits per heavy atom. The Balaban J connectivity index is 4.32. The van der Waals surface area contributed by atoms with Gasteiger partial charge in [-0.05, 0) is 38.7 Å². The molecular weight excluding hydrogens is 550 g/mol. The smallest absolute Gasteiger partial charge is 0.407 e. The average molecular weight is 594 g/mol.